The third-order valence-corrected chi connectivity index (χ3v) is 10.2. The molecule has 1 spiro atoms. The lowest BCUT2D eigenvalue weighted by Crippen LogP contribution is -2.37. The highest BCUT2D eigenvalue weighted by atomic mass is 16.6. The number of nitrogens with zero attached hydrogens (tertiary/aromatic N) is 2. The lowest BCUT2D eigenvalue weighted by Gasteiger charge is -2.39. The average Bonchev–Trinajstić information content (AvgIpc) is 3.42. The third kappa shape index (κ3) is 5.24. The summed E-state index contributed by atoms with van der Waals surface area (Å²) in [6.45, 7) is 4.63. The number of hydrogen-bond acceptors (Lipinski definition) is 5. The van der Waals surface area contributed by atoms with Crippen LogP contribution in [-0.4, -0.2) is 18.6 Å². The Morgan fingerprint density at radius 3 is 2.02 bits per heavy atom. The third-order valence-electron chi connectivity index (χ3n) is 10.2. The van der Waals surface area contributed by atoms with E-state index in [4.69, 9.17) is 9.47 Å². The number of hydrogen-bond donors (Lipinski definition) is 0. The summed E-state index contributed by atoms with van der Waals surface area (Å²) in [4.78, 5) is 18.5. The van der Waals surface area contributed by atoms with E-state index in [9.17, 15) is 4.79 Å². The van der Waals surface area contributed by atoms with Gasteiger partial charge in [0.25, 0.3) is 0 Å². The van der Waals surface area contributed by atoms with E-state index in [-0.39, 0.29) is 5.97 Å². The standard InChI is InChI=1S/C42H40N2O3/c1-2-44(32-18-10-5-11-19-32)34-22-24-37-40(27-34)46-39-25-23-33(26-38(39)42(37)36-21-13-12-20-35(36)41(45)47-42)43(28-30-14-6-3-7-15-30)29-31-16-8-4-9-17-31/h3-4,6-9,12-17,20-27,32H,2,5,10-11,18-19,28-29H2,1H3. The van der Waals surface area contributed by atoms with E-state index in [1.54, 1.807) is 0 Å². The van der Waals surface area contributed by atoms with Crippen molar-refractivity contribution in [2.24, 2.45) is 0 Å². The van der Waals surface area contributed by atoms with Gasteiger partial charge in [-0.15, -0.1) is 0 Å². The van der Waals surface area contributed by atoms with E-state index in [1.807, 2.05) is 24.3 Å². The van der Waals surface area contributed by atoms with Crippen molar-refractivity contribution in [3.63, 3.8) is 0 Å². The summed E-state index contributed by atoms with van der Waals surface area (Å²) in [5.41, 5.74) is 6.69. The second kappa shape index (κ2) is 12.3. The van der Waals surface area contributed by atoms with E-state index < -0.39 is 5.60 Å². The van der Waals surface area contributed by atoms with Gasteiger partial charge < -0.3 is 19.3 Å². The molecule has 236 valence electrons. The van der Waals surface area contributed by atoms with Crippen molar-refractivity contribution in [2.75, 3.05) is 16.3 Å². The molecule has 8 rings (SSSR count). The number of carbonyl (C=O) groups is 1. The molecule has 0 amide bonds. The zero-order chi connectivity index (χ0) is 31.8. The fourth-order valence-electron chi connectivity index (χ4n) is 7.91. The molecule has 1 aliphatic carbocycles. The molecule has 3 aliphatic rings. The largest absolute Gasteiger partial charge is 0.456 e. The molecule has 1 atom stereocenters. The molecular formula is C42H40N2O3. The molecule has 0 bridgehead atoms. The first-order valence-electron chi connectivity index (χ1n) is 17.0. The molecule has 0 aromatic heterocycles. The van der Waals surface area contributed by atoms with Gasteiger partial charge in [0, 0.05) is 59.8 Å². The molecule has 1 fully saturated rings. The summed E-state index contributed by atoms with van der Waals surface area (Å²) < 4.78 is 13.3. The smallest absolute Gasteiger partial charge is 0.340 e. The summed E-state index contributed by atoms with van der Waals surface area (Å²) in [6.07, 6.45) is 6.31. The minimum Gasteiger partial charge on any atom is -0.456 e. The van der Waals surface area contributed by atoms with Gasteiger partial charge in [0.15, 0.2) is 5.60 Å². The topological polar surface area (TPSA) is 42.0 Å². The van der Waals surface area contributed by atoms with E-state index >= 15 is 0 Å². The summed E-state index contributed by atoms with van der Waals surface area (Å²) >= 11 is 0. The average molecular weight is 621 g/mol. The van der Waals surface area contributed by atoms with Crippen molar-refractivity contribution in [3.05, 3.63) is 155 Å². The van der Waals surface area contributed by atoms with Crippen LogP contribution in [0.25, 0.3) is 0 Å². The zero-order valence-corrected chi connectivity index (χ0v) is 26.9. The van der Waals surface area contributed by atoms with Crippen molar-refractivity contribution in [2.45, 2.75) is 63.8 Å². The predicted octanol–water partition coefficient (Wildman–Crippen LogP) is 9.62. The van der Waals surface area contributed by atoms with Gasteiger partial charge in [-0.1, -0.05) is 98.1 Å². The second-order valence-corrected chi connectivity index (χ2v) is 13.0. The minimum absolute atomic E-state index is 0.309. The Hall–Kier alpha value is -5.03. The lowest BCUT2D eigenvalue weighted by atomic mass is 9.77. The summed E-state index contributed by atoms with van der Waals surface area (Å²) in [7, 11) is 0. The van der Waals surface area contributed by atoms with Crippen LogP contribution < -0.4 is 14.5 Å². The van der Waals surface area contributed by atoms with Crippen LogP contribution in [0.4, 0.5) is 11.4 Å². The highest BCUT2D eigenvalue weighted by Crippen LogP contribution is 2.57. The maximum Gasteiger partial charge on any atom is 0.340 e. The number of benzene rings is 5. The van der Waals surface area contributed by atoms with Gasteiger partial charge in [0.1, 0.15) is 11.5 Å². The quantitative estimate of drug-likeness (QED) is 0.162. The monoisotopic (exact) mass is 620 g/mol. The zero-order valence-electron chi connectivity index (χ0n) is 26.9. The summed E-state index contributed by atoms with van der Waals surface area (Å²) in [5, 5.41) is 0. The molecule has 0 N–H and O–H groups in total. The van der Waals surface area contributed by atoms with Crippen molar-refractivity contribution in [3.8, 4) is 11.5 Å². The van der Waals surface area contributed by atoms with E-state index in [2.05, 4.69) is 114 Å². The molecule has 2 heterocycles. The molecule has 5 nitrogen and oxygen atoms in total. The number of carbonyl (C=O) groups excluding carboxylic acids is 1. The molecule has 0 radical (unpaired) electrons. The Labute approximate surface area is 277 Å². The highest BCUT2D eigenvalue weighted by Gasteiger charge is 2.53. The Balaban J connectivity index is 1.26. The molecule has 5 aromatic rings. The van der Waals surface area contributed by atoms with E-state index in [1.165, 1.54) is 43.2 Å². The Kier molecular flexibility index (Phi) is 7.68. The highest BCUT2D eigenvalue weighted by molar-refractivity contribution is 5.97. The van der Waals surface area contributed by atoms with Crippen molar-refractivity contribution >= 4 is 17.3 Å². The molecule has 1 saturated carbocycles. The fourth-order valence-corrected chi connectivity index (χ4v) is 7.91. The lowest BCUT2D eigenvalue weighted by molar-refractivity contribution is 0.0224. The van der Waals surface area contributed by atoms with Crippen molar-refractivity contribution in [1.82, 2.24) is 0 Å². The van der Waals surface area contributed by atoms with Crippen LogP contribution in [0.15, 0.2) is 121 Å². The Morgan fingerprint density at radius 1 is 0.660 bits per heavy atom. The fraction of sp³-hybridized carbons (Fsp3) is 0.262. The van der Waals surface area contributed by atoms with Gasteiger partial charge in [-0.2, -0.15) is 0 Å². The Bertz CT molecular complexity index is 1860. The number of esters is 1. The van der Waals surface area contributed by atoms with Crippen LogP contribution in [0.1, 0.15) is 77.2 Å². The minimum atomic E-state index is -1.11. The van der Waals surface area contributed by atoms with Crippen LogP contribution >= 0.6 is 0 Å². The number of rotatable bonds is 8. The SMILES string of the molecule is CCN(c1ccc2c(c1)Oc1ccc(N(Cc3ccccc3)Cc3ccccc3)cc1C21OC(=O)c2ccccc21)C1CCCCC1. The first-order chi connectivity index (χ1) is 23.1. The van der Waals surface area contributed by atoms with Crippen LogP contribution in [0, 0.1) is 0 Å². The molecular weight excluding hydrogens is 580 g/mol. The Morgan fingerprint density at radius 2 is 1.32 bits per heavy atom. The normalized spacial score (nSPS) is 18.1. The van der Waals surface area contributed by atoms with Gasteiger partial charge in [0.05, 0.1) is 5.56 Å². The van der Waals surface area contributed by atoms with Crippen LogP contribution in [0.3, 0.4) is 0 Å². The molecule has 1 unspecified atom stereocenters. The van der Waals surface area contributed by atoms with Gasteiger partial charge in [0.2, 0.25) is 0 Å². The van der Waals surface area contributed by atoms with Gasteiger partial charge in [-0.25, -0.2) is 4.79 Å². The summed E-state index contributed by atoms with van der Waals surface area (Å²) in [6, 6.07) is 42.3. The van der Waals surface area contributed by atoms with Crippen molar-refractivity contribution < 1.29 is 14.3 Å². The van der Waals surface area contributed by atoms with Gasteiger partial charge in [-0.05, 0) is 67.3 Å². The molecule has 5 heteroatoms. The van der Waals surface area contributed by atoms with E-state index in [0.29, 0.717) is 17.4 Å². The molecule has 0 saturated heterocycles. The van der Waals surface area contributed by atoms with Gasteiger partial charge >= 0.3 is 5.97 Å². The van der Waals surface area contributed by atoms with E-state index in [0.717, 1.165) is 53.4 Å². The number of fused-ring (bicyclic) bond motifs is 6. The van der Waals surface area contributed by atoms with Crippen LogP contribution in [0.5, 0.6) is 11.5 Å². The maximum absolute atomic E-state index is 13.6. The first kappa shape index (κ1) is 29.4. The molecule has 5 aromatic carbocycles. The van der Waals surface area contributed by atoms with Gasteiger partial charge in [-0.3, -0.25) is 0 Å². The van der Waals surface area contributed by atoms with Crippen LogP contribution in [0.2, 0.25) is 0 Å². The predicted molar refractivity (Wildman–Crippen MR) is 187 cm³/mol. The number of anilines is 2. The molecule has 47 heavy (non-hydrogen) atoms. The molecule has 2 aliphatic heterocycles. The second-order valence-electron chi connectivity index (χ2n) is 13.0. The van der Waals surface area contributed by atoms with Crippen LogP contribution in [-0.2, 0) is 23.4 Å². The number of ether oxygens (including phenoxy) is 2. The summed E-state index contributed by atoms with van der Waals surface area (Å²) in [5.74, 6) is 1.15. The maximum atomic E-state index is 13.6. The first-order valence-corrected chi connectivity index (χ1v) is 17.0. The van der Waals surface area contributed by atoms with Crippen molar-refractivity contribution in [1.29, 1.82) is 0 Å².